The Morgan fingerprint density at radius 1 is 1.60 bits per heavy atom. The molecule has 0 heterocycles. The van der Waals surface area contributed by atoms with Gasteiger partial charge in [-0.15, -0.1) is 11.6 Å². The van der Waals surface area contributed by atoms with Crippen molar-refractivity contribution in [3.05, 3.63) is 33.5 Å². The van der Waals surface area contributed by atoms with Crippen molar-refractivity contribution in [3.8, 4) is 0 Å². The van der Waals surface area contributed by atoms with Gasteiger partial charge in [-0.05, 0) is 17.7 Å². The third kappa shape index (κ3) is 3.18. The zero-order valence-electron chi connectivity index (χ0n) is 8.02. The molecule has 0 atom stereocenters. The molecule has 0 aliphatic heterocycles. The predicted molar refractivity (Wildman–Crippen MR) is 59.4 cm³/mol. The van der Waals surface area contributed by atoms with Crippen molar-refractivity contribution >= 4 is 33.5 Å². The van der Waals surface area contributed by atoms with E-state index >= 15 is 0 Å². The fraction of sp³-hybridized carbons (Fsp3) is 0.300. The van der Waals surface area contributed by atoms with Crippen LogP contribution in [0.5, 0.6) is 0 Å². The smallest absolute Gasteiger partial charge is 0.310 e. The first-order valence-corrected chi connectivity index (χ1v) is 5.50. The highest BCUT2D eigenvalue weighted by Gasteiger charge is 2.13. The lowest BCUT2D eigenvalue weighted by Gasteiger charge is -2.08. The normalized spacial score (nSPS) is 10.1. The monoisotopic (exact) mass is 294 g/mol. The Hall–Kier alpha value is -0.610. The fourth-order valence-corrected chi connectivity index (χ4v) is 1.91. The average Bonchev–Trinajstić information content (AvgIpc) is 2.21. The van der Waals surface area contributed by atoms with E-state index in [0.29, 0.717) is 15.6 Å². The van der Waals surface area contributed by atoms with Crippen LogP contribution in [0.15, 0.2) is 16.6 Å². The minimum absolute atomic E-state index is 0.0995. The lowest BCUT2D eigenvalue weighted by Crippen LogP contribution is -2.08. The third-order valence-electron chi connectivity index (χ3n) is 1.95. The van der Waals surface area contributed by atoms with Crippen molar-refractivity contribution in [2.45, 2.75) is 12.3 Å². The summed E-state index contributed by atoms with van der Waals surface area (Å²) in [7, 11) is 1.26. The number of hydrogen-bond donors (Lipinski definition) is 0. The van der Waals surface area contributed by atoms with E-state index in [4.69, 9.17) is 11.6 Å². The van der Waals surface area contributed by atoms with Crippen molar-refractivity contribution in [1.82, 2.24) is 0 Å². The van der Waals surface area contributed by atoms with Crippen LogP contribution in [-0.2, 0) is 21.8 Å². The SMILES string of the molecule is COC(=O)Cc1c(F)cc(Br)cc1CCl. The van der Waals surface area contributed by atoms with Gasteiger partial charge >= 0.3 is 5.97 Å². The first-order chi connectivity index (χ1) is 7.08. The van der Waals surface area contributed by atoms with Crippen LogP contribution in [0.25, 0.3) is 0 Å². The van der Waals surface area contributed by atoms with E-state index in [-0.39, 0.29) is 12.3 Å². The Morgan fingerprint density at radius 2 is 2.27 bits per heavy atom. The maximum absolute atomic E-state index is 13.5. The van der Waals surface area contributed by atoms with Crippen molar-refractivity contribution in [1.29, 1.82) is 0 Å². The third-order valence-corrected chi connectivity index (χ3v) is 2.69. The molecule has 0 bridgehead atoms. The molecule has 82 valence electrons. The molecule has 0 amide bonds. The maximum atomic E-state index is 13.5. The Labute approximate surface area is 101 Å². The lowest BCUT2D eigenvalue weighted by molar-refractivity contribution is -0.139. The van der Waals surface area contributed by atoms with Gasteiger partial charge in [0.15, 0.2) is 0 Å². The van der Waals surface area contributed by atoms with E-state index in [1.54, 1.807) is 6.07 Å². The number of carbonyl (C=O) groups is 1. The average molecular weight is 296 g/mol. The number of carbonyl (C=O) groups excluding carboxylic acids is 1. The van der Waals surface area contributed by atoms with Gasteiger partial charge in [0.05, 0.1) is 13.5 Å². The van der Waals surface area contributed by atoms with Crippen LogP contribution in [0.1, 0.15) is 11.1 Å². The second-order valence-corrected chi connectivity index (χ2v) is 4.09. The number of halogens is 3. The van der Waals surface area contributed by atoms with Crippen molar-refractivity contribution < 1.29 is 13.9 Å². The van der Waals surface area contributed by atoms with E-state index in [2.05, 4.69) is 20.7 Å². The number of esters is 1. The van der Waals surface area contributed by atoms with Gasteiger partial charge < -0.3 is 4.74 Å². The zero-order valence-corrected chi connectivity index (χ0v) is 10.4. The highest BCUT2D eigenvalue weighted by atomic mass is 79.9. The number of hydrogen-bond acceptors (Lipinski definition) is 2. The molecule has 0 saturated carbocycles. The minimum atomic E-state index is -0.484. The number of ether oxygens (including phenoxy) is 1. The highest BCUT2D eigenvalue weighted by molar-refractivity contribution is 9.10. The van der Waals surface area contributed by atoms with Gasteiger partial charge in [0, 0.05) is 15.9 Å². The molecule has 0 aromatic heterocycles. The summed E-state index contributed by atoms with van der Waals surface area (Å²) in [5.74, 6) is -0.782. The quantitative estimate of drug-likeness (QED) is 0.633. The number of methoxy groups -OCH3 is 1. The van der Waals surface area contributed by atoms with E-state index in [9.17, 15) is 9.18 Å². The summed E-state index contributed by atoms with van der Waals surface area (Å²) < 4.78 is 18.6. The zero-order chi connectivity index (χ0) is 11.4. The molecule has 0 fully saturated rings. The molecule has 1 aromatic rings. The highest BCUT2D eigenvalue weighted by Crippen LogP contribution is 2.22. The fourth-order valence-electron chi connectivity index (χ4n) is 1.19. The van der Waals surface area contributed by atoms with Crippen LogP contribution in [-0.4, -0.2) is 13.1 Å². The van der Waals surface area contributed by atoms with Crippen molar-refractivity contribution in [3.63, 3.8) is 0 Å². The van der Waals surface area contributed by atoms with E-state index in [1.807, 2.05) is 0 Å². The molecule has 0 spiro atoms. The summed E-state index contributed by atoms with van der Waals surface area (Å²) in [4.78, 5) is 11.0. The topological polar surface area (TPSA) is 26.3 Å². The van der Waals surface area contributed by atoms with Gasteiger partial charge in [-0.25, -0.2) is 4.39 Å². The molecule has 5 heteroatoms. The van der Waals surface area contributed by atoms with E-state index in [1.165, 1.54) is 13.2 Å². The molecule has 15 heavy (non-hydrogen) atoms. The molecule has 0 unspecified atom stereocenters. The van der Waals surface area contributed by atoms with Crippen molar-refractivity contribution in [2.24, 2.45) is 0 Å². The van der Waals surface area contributed by atoms with E-state index < -0.39 is 11.8 Å². The summed E-state index contributed by atoms with van der Waals surface area (Å²) in [5, 5.41) is 0. The van der Waals surface area contributed by atoms with Crippen LogP contribution >= 0.6 is 27.5 Å². The second-order valence-electron chi connectivity index (χ2n) is 2.91. The number of rotatable bonds is 3. The van der Waals surface area contributed by atoms with Gasteiger partial charge in [0.2, 0.25) is 0 Å². The second kappa shape index (κ2) is 5.47. The molecule has 0 saturated heterocycles. The molecule has 0 aliphatic rings. The predicted octanol–water partition coefficient (Wildman–Crippen LogP) is 3.04. The van der Waals surface area contributed by atoms with Gasteiger partial charge in [-0.3, -0.25) is 4.79 Å². The van der Waals surface area contributed by atoms with Crippen LogP contribution in [0, 0.1) is 5.82 Å². The molecule has 0 N–H and O–H groups in total. The maximum Gasteiger partial charge on any atom is 0.310 e. The van der Waals surface area contributed by atoms with Crippen LogP contribution in [0.3, 0.4) is 0 Å². The molecule has 1 aromatic carbocycles. The number of benzene rings is 1. The minimum Gasteiger partial charge on any atom is -0.469 e. The Balaban J connectivity index is 3.09. The Kier molecular flexibility index (Phi) is 4.54. The summed E-state index contributed by atoms with van der Waals surface area (Å²) in [6.45, 7) is 0. The van der Waals surface area contributed by atoms with Gasteiger partial charge in [-0.1, -0.05) is 15.9 Å². The van der Waals surface area contributed by atoms with Crippen LogP contribution in [0.4, 0.5) is 4.39 Å². The molecular formula is C10H9BrClFO2. The van der Waals surface area contributed by atoms with Gasteiger partial charge in [0.1, 0.15) is 5.82 Å². The van der Waals surface area contributed by atoms with Crippen LogP contribution < -0.4 is 0 Å². The van der Waals surface area contributed by atoms with Gasteiger partial charge in [0.25, 0.3) is 0 Å². The summed E-state index contributed by atoms with van der Waals surface area (Å²) in [6, 6.07) is 2.99. The van der Waals surface area contributed by atoms with Crippen molar-refractivity contribution in [2.75, 3.05) is 7.11 Å². The first-order valence-electron chi connectivity index (χ1n) is 4.18. The first kappa shape index (κ1) is 12.5. The standard InChI is InChI=1S/C10H9BrClFO2/c1-15-10(14)4-8-6(5-12)2-7(11)3-9(8)13/h2-3H,4-5H2,1H3. The summed E-state index contributed by atoms with van der Waals surface area (Å²) >= 11 is 8.82. The molecule has 0 aliphatic carbocycles. The molecular weight excluding hydrogens is 286 g/mol. The summed E-state index contributed by atoms with van der Waals surface area (Å²) in [6.07, 6.45) is -0.0995. The summed E-state index contributed by atoms with van der Waals surface area (Å²) in [5.41, 5.74) is 0.883. The van der Waals surface area contributed by atoms with E-state index in [0.717, 1.165) is 0 Å². The molecule has 1 rings (SSSR count). The Morgan fingerprint density at radius 3 is 2.80 bits per heavy atom. The Bertz CT molecular complexity index is 382. The molecule has 2 nitrogen and oxygen atoms in total. The lowest BCUT2D eigenvalue weighted by atomic mass is 10.1. The largest absolute Gasteiger partial charge is 0.469 e. The van der Waals surface area contributed by atoms with Crippen LogP contribution in [0.2, 0.25) is 0 Å². The van der Waals surface area contributed by atoms with Gasteiger partial charge in [-0.2, -0.15) is 0 Å². The number of alkyl halides is 1. The molecule has 0 radical (unpaired) electrons.